The van der Waals surface area contributed by atoms with E-state index in [0.717, 1.165) is 16.9 Å². The lowest BCUT2D eigenvalue weighted by Crippen LogP contribution is -2.12. The topological polar surface area (TPSA) is 55.5 Å². The molecule has 1 rings (SSSR count). The van der Waals surface area contributed by atoms with Gasteiger partial charge in [0.25, 0.3) is 0 Å². The van der Waals surface area contributed by atoms with Gasteiger partial charge in [-0.15, -0.1) is 0 Å². The van der Waals surface area contributed by atoms with Crippen LogP contribution in [-0.4, -0.2) is 18.8 Å². The fourth-order valence-electron chi connectivity index (χ4n) is 1.44. The molecule has 0 bridgehead atoms. The second-order valence-corrected chi connectivity index (χ2v) is 3.35. The monoisotopic (exact) mass is 195 g/mol. The van der Waals surface area contributed by atoms with Crippen LogP contribution in [0.25, 0.3) is 0 Å². The Morgan fingerprint density at radius 3 is 2.71 bits per heavy atom. The summed E-state index contributed by atoms with van der Waals surface area (Å²) in [7, 11) is 1.65. The zero-order valence-electron chi connectivity index (χ0n) is 8.66. The summed E-state index contributed by atoms with van der Waals surface area (Å²) in [5, 5.41) is 8.76. The molecular weight excluding hydrogens is 178 g/mol. The quantitative estimate of drug-likeness (QED) is 0.763. The molecule has 3 nitrogen and oxygen atoms in total. The Morgan fingerprint density at radius 2 is 2.21 bits per heavy atom. The van der Waals surface area contributed by atoms with Gasteiger partial charge in [-0.25, -0.2) is 0 Å². The predicted molar refractivity (Wildman–Crippen MR) is 56.4 cm³/mol. The zero-order valence-corrected chi connectivity index (χ0v) is 8.66. The summed E-state index contributed by atoms with van der Waals surface area (Å²) in [4.78, 5) is 0. The molecule has 0 fully saturated rings. The number of benzene rings is 1. The van der Waals surface area contributed by atoms with Gasteiger partial charge in [0.05, 0.1) is 7.11 Å². The lowest BCUT2D eigenvalue weighted by atomic mass is 10.0. The van der Waals surface area contributed by atoms with Gasteiger partial charge in [0.2, 0.25) is 0 Å². The molecule has 0 amide bonds. The highest BCUT2D eigenvalue weighted by atomic mass is 16.5. The van der Waals surface area contributed by atoms with Crippen LogP contribution in [0.15, 0.2) is 18.2 Å². The van der Waals surface area contributed by atoms with Gasteiger partial charge in [-0.05, 0) is 30.5 Å². The molecule has 0 radical (unpaired) electrons. The van der Waals surface area contributed by atoms with E-state index < -0.39 is 0 Å². The summed E-state index contributed by atoms with van der Waals surface area (Å²) in [6.45, 7) is 2.10. The van der Waals surface area contributed by atoms with Crippen LogP contribution in [0, 0.1) is 6.92 Å². The molecular formula is C11H17NO2. The van der Waals surface area contributed by atoms with Crippen molar-refractivity contribution in [3.8, 4) is 5.75 Å². The number of aliphatic hydroxyl groups is 1. The van der Waals surface area contributed by atoms with E-state index in [9.17, 15) is 0 Å². The van der Waals surface area contributed by atoms with Crippen LogP contribution in [-0.2, 0) is 0 Å². The lowest BCUT2D eigenvalue weighted by molar-refractivity contribution is 0.276. The van der Waals surface area contributed by atoms with E-state index in [4.69, 9.17) is 15.6 Å². The van der Waals surface area contributed by atoms with Gasteiger partial charge in [-0.3, -0.25) is 0 Å². The molecule has 1 unspecified atom stereocenters. The highest BCUT2D eigenvalue weighted by Gasteiger charge is 2.07. The normalized spacial score (nSPS) is 12.6. The van der Waals surface area contributed by atoms with Gasteiger partial charge in [0.1, 0.15) is 5.75 Å². The molecule has 1 atom stereocenters. The van der Waals surface area contributed by atoms with E-state index in [1.807, 2.05) is 25.1 Å². The van der Waals surface area contributed by atoms with Crippen LogP contribution >= 0.6 is 0 Å². The van der Waals surface area contributed by atoms with Crippen molar-refractivity contribution in [1.82, 2.24) is 0 Å². The molecule has 0 spiro atoms. The fraction of sp³-hybridized carbons (Fsp3) is 0.455. The molecule has 3 heteroatoms. The summed E-state index contributed by atoms with van der Waals surface area (Å²) < 4.78 is 5.15. The summed E-state index contributed by atoms with van der Waals surface area (Å²) >= 11 is 0. The SMILES string of the molecule is COc1ccc(C(N)CCO)cc1C. The average Bonchev–Trinajstić information content (AvgIpc) is 2.18. The van der Waals surface area contributed by atoms with E-state index in [0.29, 0.717) is 6.42 Å². The third kappa shape index (κ3) is 2.47. The van der Waals surface area contributed by atoms with Crippen molar-refractivity contribution in [1.29, 1.82) is 0 Å². The van der Waals surface area contributed by atoms with Crippen LogP contribution in [0.3, 0.4) is 0 Å². The van der Waals surface area contributed by atoms with Gasteiger partial charge >= 0.3 is 0 Å². The van der Waals surface area contributed by atoms with Crippen molar-refractivity contribution in [3.05, 3.63) is 29.3 Å². The molecule has 0 aliphatic rings. The third-order valence-electron chi connectivity index (χ3n) is 2.29. The van der Waals surface area contributed by atoms with Crippen molar-refractivity contribution in [2.24, 2.45) is 5.73 Å². The van der Waals surface area contributed by atoms with Gasteiger partial charge in [0.15, 0.2) is 0 Å². The number of methoxy groups -OCH3 is 1. The Bertz CT molecular complexity index is 299. The first kappa shape index (κ1) is 11.0. The number of aryl methyl sites for hydroxylation is 1. The molecule has 1 aromatic rings. The first-order valence-electron chi connectivity index (χ1n) is 4.70. The number of ether oxygens (including phenoxy) is 1. The number of aliphatic hydroxyl groups excluding tert-OH is 1. The molecule has 1 aromatic carbocycles. The maximum Gasteiger partial charge on any atom is 0.121 e. The highest BCUT2D eigenvalue weighted by Crippen LogP contribution is 2.22. The van der Waals surface area contributed by atoms with Gasteiger partial charge in [-0.2, -0.15) is 0 Å². The Hall–Kier alpha value is -1.06. The fourth-order valence-corrected chi connectivity index (χ4v) is 1.44. The van der Waals surface area contributed by atoms with E-state index >= 15 is 0 Å². The molecule has 14 heavy (non-hydrogen) atoms. The van der Waals surface area contributed by atoms with Crippen LogP contribution in [0.2, 0.25) is 0 Å². The van der Waals surface area contributed by atoms with Crippen LogP contribution in [0.4, 0.5) is 0 Å². The molecule has 0 saturated heterocycles. The summed E-state index contributed by atoms with van der Waals surface area (Å²) in [6.07, 6.45) is 0.589. The molecule has 0 saturated carbocycles. The van der Waals surface area contributed by atoms with Crippen molar-refractivity contribution < 1.29 is 9.84 Å². The largest absolute Gasteiger partial charge is 0.496 e. The smallest absolute Gasteiger partial charge is 0.121 e. The molecule has 3 N–H and O–H groups in total. The number of rotatable bonds is 4. The maximum absolute atomic E-state index is 8.76. The minimum Gasteiger partial charge on any atom is -0.496 e. The Balaban J connectivity index is 2.85. The third-order valence-corrected chi connectivity index (χ3v) is 2.29. The summed E-state index contributed by atoms with van der Waals surface area (Å²) in [5.74, 6) is 0.866. The van der Waals surface area contributed by atoms with E-state index in [2.05, 4.69) is 0 Å². The summed E-state index contributed by atoms with van der Waals surface area (Å²) in [5.41, 5.74) is 7.97. The molecule has 78 valence electrons. The number of hydrogen-bond donors (Lipinski definition) is 2. The Labute approximate surface area is 84.5 Å². The minimum atomic E-state index is -0.0930. The Morgan fingerprint density at radius 1 is 1.50 bits per heavy atom. The predicted octanol–water partition coefficient (Wildman–Crippen LogP) is 1.39. The highest BCUT2D eigenvalue weighted by molar-refractivity contribution is 5.37. The van der Waals surface area contributed by atoms with Gasteiger partial charge < -0.3 is 15.6 Å². The summed E-state index contributed by atoms with van der Waals surface area (Å²) in [6, 6.07) is 5.75. The van der Waals surface area contributed by atoms with E-state index in [1.54, 1.807) is 7.11 Å². The van der Waals surface area contributed by atoms with E-state index in [-0.39, 0.29) is 12.6 Å². The van der Waals surface area contributed by atoms with Crippen molar-refractivity contribution in [3.63, 3.8) is 0 Å². The average molecular weight is 195 g/mol. The lowest BCUT2D eigenvalue weighted by Gasteiger charge is -2.12. The second-order valence-electron chi connectivity index (χ2n) is 3.35. The first-order valence-corrected chi connectivity index (χ1v) is 4.70. The van der Waals surface area contributed by atoms with Crippen molar-refractivity contribution in [2.75, 3.05) is 13.7 Å². The minimum absolute atomic E-state index is 0.0930. The second kappa shape index (κ2) is 4.98. The van der Waals surface area contributed by atoms with Gasteiger partial charge in [0, 0.05) is 12.6 Å². The van der Waals surface area contributed by atoms with Crippen LogP contribution < -0.4 is 10.5 Å². The van der Waals surface area contributed by atoms with Crippen LogP contribution in [0.5, 0.6) is 5.75 Å². The molecule has 0 aliphatic heterocycles. The van der Waals surface area contributed by atoms with Crippen molar-refractivity contribution in [2.45, 2.75) is 19.4 Å². The Kier molecular flexibility index (Phi) is 3.92. The van der Waals surface area contributed by atoms with Crippen molar-refractivity contribution >= 4 is 0 Å². The first-order chi connectivity index (χ1) is 6.69. The number of nitrogens with two attached hydrogens (primary N) is 1. The number of hydrogen-bond acceptors (Lipinski definition) is 3. The maximum atomic E-state index is 8.76. The van der Waals surface area contributed by atoms with Gasteiger partial charge in [-0.1, -0.05) is 12.1 Å². The van der Waals surface area contributed by atoms with E-state index in [1.165, 1.54) is 0 Å². The zero-order chi connectivity index (χ0) is 10.6. The standard InChI is InChI=1S/C11H17NO2/c1-8-7-9(10(12)5-6-13)3-4-11(8)14-2/h3-4,7,10,13H,5-6,12H2,1-2H3. The van der Waals surface area contributed by atoms with Crippen LogP contribution in [0.1, 0.15) is 23.6 Å². The molecule has 0 aliphatic carbocycles. The molecule has 0 heterocycles. The molecule has 0 aromatic heterocycles.